The number of para-hydroxylation sites is 2. The van der Waals surface area contributed by atoms with Crippen molar-refractivity contribution in [1.82, 2.24) is 0 Å². The van der Waals surface area contributed by atoms with Crippen molar-refractivity contribution in [3.8, 4) is 35.1 Å². The van der Waals surface area contributed by atoms with Crippen molar-refractivity contribution in [2.75, 3.05) is 0 Å². The van der Waals surface area contributed by atoms with E-state index in [1.165, 1.54) is 36.4 Å². The van der Waals surface area contributed by atoms with Crippen LogP contribution in [0.15, 0.2) is 138 Å². The minimum Gasteiger partial charge on any atom is -0.454 e. The number of benzene rings is 5. The Morgan fingerprint density at radius 2 is 1.03 bits per heavy atom. The number of hydrogen-bond acceptors (Lipinski definition) is 8. The smallest absolute Gasteiger partial charge is 0.311 e. The van der Waals surface area contributed by atoms with E-state index in [2.05, 4.69) is 0 Å². The van der Waals surface area contributed by atoms with Gasteiger partial charge < -0.3 is 18.9 Å². The number of carbonyl (C=O) groups excluding carboxylic acids is 2. The molecule has 8 nitrogen and oxygen atoms in total. The quantitative estimate of drug-likeness (QED) is 0.107. The molecular weight excluding hydrogens is 904 g/mol. The van der Waals surface area contributed by atoms with E-state index in [1.807, 2.05) is 58.0 Å². The van der Waals surface area contributed by atoms with Crippen LogP contribution in [0.2, 0.25) is 5.02 Å². The number of ether oxygens (including phenoxy) is 4. The number of allylic oxidation sites excluding steroid dienone is 2. The minimum absolute atomic E-state index is 0.0627. The van der Waals surface area contributed by atoms with Gasteiger partial charge in [-0.1, -0.05) is 141 Å². The molecule has 6 unspecified atom stereocenters. The lowest BCUT2D eigenvalue weighted by molar-refractivity contribution is -0.150. The van der Waals surface area contributed by atoms with E-state index in [-0.39, 0.29) is 33.2 Å². The molecular formula is C50H40Cl4F2N2O6. The Hall–Kier alpha value is -5.88. The van der Waals surface area contributed by atoms with Gasteiger partial charge in [-0.2, -0.15) is 10.5 Å². The number of nitriles is 2. The van der Waals surface area contributed by atoms with Gasteiger partial charge in [-0.15, -0.1) is 0 Å². The predicted molar refractivity (Wildman–Crippen MR) is 241 cm³/mol. The maximum Gasteiger partial charge on any atom is 0.311 e. The predicted octanol–water partition coefficient (Wildman–Crippen LogP) is 14.2. The van der Waals surface area contributed by atoms with Crippen molar-refractivity contribution in [2.45, 2.75) is 39.9 Å². The molecule has 0 aliphatic heterocycles. The second kappa shape index (κ2) is 20.3. The summed E-state index contributed by atoms with van der Waals surface area (Å²) < 4.78 is 50.7. The Labute approximate surface area is 390 Å². The summed E-state index contributed by atoms with van der Waals surface area (Å²) in [5.41, 5.74) is 0.648. The van der Waals surface area contributed by atoms with Crippen molar-refractivity contribution in [3.05, 3.63) is 171 Å². The van der Waals surface area contributed by atoms with Crippen LogP contribution in [-0.2, 0) is 19.1 Å². The molecule has 0 radical (unpaired) electrons. The number of nitrogens with zero attached hydrogens (tertiary/aromatic N) is 2. The van der Waals surface area contributed by atoms with E-state index in [0.29, 0.717) is 32.7 Å². The number of hydrogen-bond donors (Lipinski definition) is 0. The fourth-order valence-corrected chi connectivity index (χ4v) is 8.01. The Morgan fingerprint density at radius 1 is 0.625 bits per heavy atom. The molecule has 0 heterocycles. The van der Waals surface area contributed by atoms with E-state index in [1.54, 1.807) is 78.9 Å². The van der Waals surface area contributed by atoms with Crippen LogP contribution in [0, 0.1) is 68.8 Å². The Bertz CT molecular complexity index is 2640. The van der Waals surface area contributed by atoms with E-state index >= 15 is 0 Å². The van der Waals surface area contributed by atoms with E-state index in [9.17, 15) is 28.9 Å². The van der Waals surface area contributed by atoms with Crippen LogP contribution in [0.1, 0.15) is 56.6 Å². The first-order valence-electron chi connectivity index (χ1n) is 19.9. The molecule has 5 aromatic carbocycles. The Morgan fingerprint density at radius 3 is 1.42 bits per heavy atom. The van der Waals surface area contributed by atoms with E-state index in [0.717, 1.165) is 5.56 Å². The number of esters is 2. The lowest BCUT2D eigenvalue weighted by Gasteiger charge is -2.14. The topological polar surface area (TPSA) is 119 Å². The summed E-state index contributed by atoms with van der Waals surface area (Å²) >= 11 is 23.8. The molecule has 328 valence electrons. The highest BCUT2D eigenvalue weighted by molar-refractivity contribution is 6.55. The molecule has 64 heavy (non-hydrogen) atoms. The summed E-state index contributed by atoms with van der Waals surface area (Å²) in [6.45, 7) is 7.66. The summed E-state index contributed by atoms with van der Waals surface area (Å²) in [5.74, 6) is -2.75. The fraction of sp³-hybridized carbons (Fsp3) is 0.240. The fourth-order valence-electron chi connectivity index (χ4n) is 7.35. The molecule has 0 aromatic heterocycles. The normalized spacial score (nSPS) is 19.7. The van der Waals surface area contributed by atoms with Gasteiger partial charge in [0.05, 0.1) is 11.8 Å². The van der Waals surface area contributed by atoms with Gasteiger partial charge in [0.2, 0.25) is 12.2 Å². The molecule has 2 aliphatic rings. The monoisotopic (exact) mass is 942 g/mol. The summed E-state index contributed by atoms with van der Waals surface area (Å²) in [5, 5.41) is 20.3. The molecule has 0 N–H and O–H groups in total. The van der Waals surface area contributed by atoms with Crippen molar-refractivity contribution >= 4 is 63.4 Å². The zero-order valence-electron chi connectivity index (χ0n) is 34.8. The average Bonchev–Trinajstić information content (AvgIpc) is 4.04. The summed E-state index contributed by atoms with van der Waals surface area (Å²) in [6, 6.07) is 36.3. The molecule has 0 amide bonds. The third-order valence-corrected chi connectivity index (χ3v) is 12.1. The molecule has 2 fully saturated rings. The van der Waals surface area contributed by atoms with Crippen molar-refractivity contribution in [1.29, 1.82) is 10.5 Å². The first-order valence-corrected chi connectivity index (χ1v) is 21.4. The molecule has 2 aliphatic carbocycles. The number of halogens is 6. The van der Waals surface area contributed by atoms with E-state index < -0.39 is 53.0 Å². The Balaban J connectivity index is 0.000000216. The third kappa shape index (κ3) is 11.4. The van der Waals surface area contributed by atoms with Gasteiger partial charge in [-0.25, -0.2) is 8.78 Å². The summed E-state index contributed by atoms with van der Waals surface area (Å²) in [4.78, 5) is 25.6. The molecule has 0 saturated heterocycles. The number of rotatable bonds is 13. The average molecular weight is 945 g/mol. The van der Waals surface area contributed by atoms with Crippen LogP contribution in [0.25, 0.3) is 5.03 Å². The summed E-state index contributed by atoms with van der Waals surface area (Å²) in [6.07, 6.45) is 1.02. The van der Waals surface area contributed by atoms with Crippen LogP contribution < -0.4 is 9.47 Å². The summed E-state index contributed by atoms with van der Waals surface area (Å²) in [7, 11) is 0. The molecule has 14 heteroatoms. The number of carbonyl (C=O) groups is 2. The third-order valence-electron chi connectivity index (χ3n) is 11.2. The first kappa shape index (κ1) is 47.6. The largest absolute Gasteiger partial charge is 0.454 e. The van der Waals surface area contributed by atoms with Gasteiger partial charge >= 0.3 is 11.9 Å². The molecule has 2 saturated carbocycles. The molecule has 7 rings (SSSR count). The second-order valence-corrected chi connectivity index (χ2v) is 18.1. The maximum atomic E-state index is 14.3. The minimum atomic E-state index is -1.21. The van der Waals surface area contributed by atoms with Crippen LogP contribution in [-0.4, -0.2) is 11.9 Å². The highest BCUT2D eigenvalue weighted by Crippen LogP contribution is 2.61. The molecule has 0 spiro atoms. The van der Waals surface area contributed by atoms with Gasteiger partial charge in [0.25, 0.3) is 0 Å². The van der Waals surface area contributed by atoms with Gasteiger partial charge in [0.1, 0.15) is 28.1 Å². The van der Waals surface area contributed by atoms with Crippen LogP contribution in [0.3, 0.4) is 0 Å². The zero-order chi connectivity index (χ0) is 46.3. The molecule has 5 aromatic rings. The molecule has 0 bridgehead atoms. The lowest BCUT2D eigenvalue weighted by Crippen LogP contribution is -2.14. The highest BCUT2D eigenvalue weighted by atomic mass is 35.5. The van der Waals surface area contributed by atoms with Crippen LogP contribution in [0.4, 0.5) is 8.78 Å². The van der Waals surface area contributed by atoms with Gasteiger partial charge in [0, 0.05) is 21.2 Å². The lowest BCUT2D eigenvalue weighted by atomic mass is 10.1. The second-order valence-electron chi connectivity index (χ2n) is 16.2. The Kier molecular flexibility index (Phi) is 15.1. The highest BCUT2D eigenvalue weighted by Gasteiger charge is 2.63. The SMILES string of the molecule is CC1(C)C(/C=C(\Cl)c2ccc(Cl)cc2)C1C(=O)OC(C#N)c1ccc(F)c(Oc2ccccc2)c1.CC1(C)C(C=C(Cl)Cl)C1C(=O)OC(C#N)c1ccc(F)c(Oc2ccccc2)c1. The maximum absolute atomic E-state index is 14.3. The first-order chi connectivity index (χ1) is 30.4. The van der Waals surface area contributed by atoms with Crippen LogP contribution in [0.5, 0.6) is 23.0 Å². The van der Waals surface area contributed by atoms with Crippen molar-refractivity contribution < 1.29 is 37.3 Å². The molecule has 6 atom stereocenters. The van der Waals surface area contributed by atoms with Crippen molar-refractivity contribution in [3.63, 3.8) is 0 Å². The van der Waals surface area contributed by atoms with Crippen molar-refractivity contribution in [2.24, 2.45) is 34.5 Å². The van der Waals surface area contributed by atoms with Gasteiger partial charge in [0.15, 0.2) is 23.1 Å². The van der Waals surface area contributed by atoms with Gasteiger partial charge in [-0.3, -0.25) is 9.59 Å². The standard InChI is InChI=1S/C28H22Cl2FNO3.C22H18Cl2FNO3/c1-28(2)21(15-22(30)17-8-11-19(29)12-9-17)26(28)27(33)35-25(16-32)18-10-13-23(31)24(14-18)34-20-6-4-3-5-7-20;1-22(2)15(11-19(23)24)20(22)21(27)29-18(12-26)13-8-9-16(25)17(10-13)28-14-6-4-3-5-7-14/h3-15,21,25-26H,1-2H3;3-11,15,18,20H,1-2H3/b22-15-;. The zero-order valence-corrected chi connectivity index (χ0v) is 37.8. The van der Waals surface area contributed by atoms with Crippen LogP contribution >= 0.6 is 46.4 Å². The van der Waals surface area contributed by atoms with Gasteiger partial charge in [-0.05, 0) is 95.0 Å². The van der Waals surface area contributed by atoms with E-state index in [4.69, 9.17) is 65.4 Å².